The smallest absolute Gasteiger partial charge is 0.233 e. The average molecular weight is 498 g/mol. The summed E-state index contributed by atoms with van der Waals surface area (Å²) < 4.78 is 12.5. The Morgan fingerprint density at radius 2 is 1.81 bits per heavy atom. The minimum Gasteiger partial charge on any atom is -0.438 e. The number of morpholine rings is 1. The molecule has 0 saturated carbocycles. The molecule has 1 N–H and O–H groups in total. The maximum atomic E-state index is 12.6. The highest BCUT2D eigenvalue weighted by Crippen LogP contribution is 2.28. The van der Waals surface area contributed by atoms with Gasteiger partial charge in [-0.05, 0) is 64.5 Å². The van der Waals surface area contributed by atoms with Crippen molar-refractivity contribution in [2.45, 2.75) is 0 Å². The van der Waals surface area contributed by atoms with Crippen LogP contribution in [0, 0.1) is 0 Å². The SMILES string of the molecule is C1COCCN1.O=C(c1ccc(Oc2ncccc2Br)cc1)c1nc2ccccc2s1. The van der Waals surface area contributed by atoms with Crippen molar-refractivity contribution in [3.8, 4) is 11.6 Å². The van der Waals surface area contributed by atoms with Gasteiger partial charge in [0.15, 0.2) is 5.01 Å². The second kappa shape index (κ2) is 10.6. The quantitative estimate of drug-likeness (QED) is 0.396. The van der Waals surface area contributed by atoms with E-state index in [1.54, 1.807) is 30.5 Å². The zero-order valence-corrected chi connectivity index (χ0v) is 19.0. The number of ketones is 1. The number of aromatic nitrogens is 2. The number of nitrogens with zero attached hydrogens (tertiary/aromatic N) is 2. The van der Waals surface area contributed by atoms with Gasteiger partial charge in [0.2, 0.25) is 11.7 Å². The van der Waals surface area contributed by atoms with E-state index >= 15 is 0 Å². The number of nitrogens with one attached hydrogen (secondary N) is 1. The fourth-order valence-corrected chi connectivity index (χ4v) is 4.10. The molecule has 8 heteroatoms. The van der Waals surface area contributed by atoms with Crippen molar-refractivity contribution < 1.29 is 14.3 Å². The summed E-state index contributed by atoms with van der Waals surface area (Å²) in [6, 6.07) is 18.4. The molecule has 1 fully saturated rings. The summed E-state index contributed by atoms with van der Waals surface area (Å²) in [7, 11) is 0. The topological polar surface area (TPSA) is 73.3 Å². The first-order valence-electron chi connectivity index (χ1n) is 9.78. The molecule has 0 amide bonds. The molecule has 0 unspecified atom stereocenters. The predicted molar refractivity (Wildman–Crippen MR) is 125 cm³/mol. The molecule has 5 rings (SSSR count). The van der Waals surface area contributed by atoms with Crippen LogP contribution in [-0.4, -0.2) is 42.1 Å². The van der Waals surface area contributed by atoms with E-state index in [9.17, 15) is 4.79 Å². The lowest BCUT2D eigenvalue weighted by Gasteiger charge is -2.10. The molecular weight excluding hydrogens is 478 g/mol. The summed E-state index contributed by atoms with van der Waals surface area (Å²) in [6.45, 7) is 3.83. The second-order valence-corrected chi connectivity index (χ2v) is 8.48. The molecule has 1 aliphatic heterocycles. The average Bonchev–Trinajstić information content (AvgIpc) is 3.27. The van der Waals surface area contributed by atoms with E-state index in [-0.39, 0.29) is 5.78 Å². The molecule has 2 aromatic carbocycles. The number of carbonyl (C=O) groups is 1. The third-order valence-corrected chi connectivity index (χ3v) is 6.03. The Morgan fingerprint density at radius 3 is 2.45 bits per heavy atom. The van der Waals surface area contributed by atoms with Gasteiger partial charge in [-0.2, -0.15) is 0 Å². The van der Waals surface area contributed by atoms with Crippen molar-refractivity contribution in [3.63, 3.8) is 0 Å². The fraction of sp³-hybridized carbons (Fsp3) is 0.174. The number of carbonyl (C=O) groups excluding carboxylic acids is 1. The molecule has 0 spiro atoms. The lowest BCUT2D eigenvalue weighted by atomic mass is 10.1. The number of para-hydroxylation sites is 1. The first-order chi connectivity index (χ1) is 15.2. The number of hydrogen-bond acceptors (Lipinski definition) is 7. The van der Waals surface area contributed by atoms with Gasteiger partial charge in [-0.1, -0.05) is 12.1 Å². The number of pyridine rings is 1. The summed E-state index contributed by atoms with van der Waals surface area (Å²) in [6.07, 6.45) is 1.66. The van der Waals surface area contributed by atoms with Gasteiger partial charge in [-0.15, -0.1) is 11.3 Å². The Balaban J connectivity index is 0.000000334. The molecule has 6 nitrogen and oxygen atoms in total. The summed E-state index contributed by atoms with van der Waals surface area (Å²) >= 11 is 4.79. The standard InChI is InChI=1S/C19H11BrN2O2S.C4H9NO/c20-14-4-3-11-21-18(14)24-13-9-7-12(8-10-13)17(23)19-22-15-5-1-2-6-16(15)25-19;1-3-6-4-2-5-1/h1-11H;5H,1-4H2. The third kappa shape index (κ3) is 5.74. The third-order valence-electron chi connectivity index (χ3n) is 4.39. The highest BCUT2D eigenvalue weighted by atomic mass is 79.9. The van der Waals surface area contributed by atoms with Crippen LogP contribution in [0.5, 0.6) is 11.6 Å². The van der Waals surface area contributed by atoms with E-state index in [1.165, 1.54) is 11.3 Å². The van der Waals surface area contributed by atoms with Crippen LogP contribution in [0.3, 0.4) is 0 Å². The zero-order chi connectivity index (χ0) is 21.5. The molecule has 1 saturated heterocycles. The van der Waals surface area contributed by atoms with Gasteiger partial charge < -0.3 is 14.8 Å². The molecular formula is C23H20BrN3O3S. The second-order valence-electron chi connectivity index (χ2n) is 6.60. The van der Waals surface area contributed by atoms with Crippen molar-refractivity contribution in [2.75, 3.05) is 26.3 Å². The van der Waals surface area contributed by atoms with Gasteiger partial charge in [-0.25, -0.2) is 9.97 Å². The van der Waals surface area contributed by atoms with E-state index in [0.717, 1.165) is 41.0 Å². The Hall–Kier alpha value is -2.65. The predicted octanol–water partition coefficient (Wildman–Crippen LogP) is 5.08. The van der Waals surface area contributed by atoms with Crippen molar-refractivity contribution >= 4 is 43.3 Å². The largest absolute Gasteiger partial charge is 0.438 e. The molecule has 3 heterocycles. The summed E-state index contributed by atoms with van der Waals surface area (Å²) in [5.41, 5.74) is 1.42. The molecule has 0 atom stereocenters. The fourth-order valence-electron chi connectivity index (χ4n) is 2.84. The Bertz CT molecular complexity index is 1120. The van der Waals surface area contributed by atoms with Gasteiger partial charge in [0, 0.05) is 24.8 Å². The van der Waals surface area contributed by atoms with Gasteiger partial charge in [0.05, 0.1) is 27.9 Å². The maximum Gasteiger partial charge on any atom is 0.233 e. The molecule has 1 aliphatic rings. The summed E-state index contributed by atoms with van der Waals surface area (Å²) in [4.78, 5) is 21.2. The number of rotatable bonds is 4. The maximum absolute atomic E-state index is 12.6. The van der Waals surface area contributed by atoms with Crippen LogP contribution in [-0.2, 0) is 4.74 Å². The number of fused-ring (bicyclic) bond motifs is 1. The van der Waals surface area contributed by atoms with Crippen LogP contribution in [0.4, 0.5) is 0 Å². The Morgan fingerprint density at radius 1 is 1.03 bits per heavy atom. The number of ether oxygens (including phenoxy) is 2. The van der Waals surface area contributed by atoms with Gasteiger partial charge in [0.1, 0.15) is 5.75 Å². The Labute approximate surface area is 192 Å². The molecule has 158 valence electrons. The molecule has 2 aromatic heterocycles. The molecule has 0 bridgehead atoms. The van der Waals surface area contributed by atoms with Crippen LogP contribution in [0.25, 0.3) is 10.2 Å². The number of hydrogen-bond donors (Lipinski definition) is 1. The van der Waals surface area contributed by atoms with Crippen LogP contribution in [0.1, 0.15) is 15.4 Å². The molecule has 0 aliphatic carbocycles. The van der Waals surface area contributed by atoms with Crippen LogP contribution in [0.15, 0.2) is 71.3 Å². The van der Waals surface area contributed by atoms with Gasteiger partial charge >= 0.3 is 0 Å². The number of benzene rings is 2. The van der Waals surface area contributed by atoms with E-state index in [0.29, 0.717) is 22.2 Å². The monoisotopic (exact) mass is 497 g/mol. The van der Waals surface area contributed by atoms with Crippen LogP contribution in [0.2, 0.25) is 0 Å². The summed E-state index contributed by atoms with van der Waals surface area (Å²) in [5.74, 6) is 1.000. The van der Waals surface area contributed by atoms with E-state index < -0.39 is 0 Å². The molecule has 4 aromatic rings. The minimum absolute atomic E-state index is 0.0910. The van der Waals surface area contributed by atoms with Crippen molar-refractivity contribution in [2.24, 2.45) is 0 Å². The number of thiazole rings is 1. The highest BCUT2D eigenvalue weighted by molar-refractivity contribution is 9.10. The minimum atomic E-state index is -0.0910. The van der Waals surface area contributed by atoms with E-state index in [4.69, 9.17) is 9.47 Å². The first kappa shape index (κ1) is 21.6. The van der Waals surface area contributed by atoms with E-state index in [2.05, 4.69) is 31.2 Å². The molecule has 31 heavy (non-hydrogen) atoms. The normalized spacial score (nSPS) is 13.3. The first-order valence-corrected chi connectivity index (χ1v) is 11.4. The molecule has 0 radical (unpaired) electrons. The van der Waals surface area contributed by atoms with Crippen LogP contribution >= 0.6 is 27.3 Å². The van der Waals surface area contributed by atoms with Crippen molar-refractivity contribution in [3.05, 3.63) is 81.9 Å². The lowest BCUT2D eigenvalue weighted by Crippen LogP contribution is -2.30. The van der Waals surface area contributed by atoms with Crippen LogP contribution < -0.4 is 10.1 Å². The van der Waals surface area contributed by atoms with E-state index in [1.807, 2.05) is 36.4 Å². The number of halogens is 1. The van der Waals surface area contributed by atoms with Crippen molar-refractivity contribution in [1.29, 1.82) is 0 Å². The summed E-state index contributed by atoms with van der Waals surface area (Å²) in [5, 5.41) is 3.65. The van der Waals surface area contributed by atoms with Crippen molar-refractivity contribution in [1.82, 2.24) is 15.3 Å². The Kier molecular flexibility index (Phi) is 7.37. The van der Waals surface area contributed by atoms with Gasteiger partial charge in [-0.3, -0.25) is 4.79 Å². The zero-order valence-electron chi connectivity index (χ0n) is 16.6. The highest BCUT2D eigenvalue weighted by Gasteiger charge is 2.14. The van der Waals surface area contributed by atoms with Gasteiger partial charge in [0.25, 0.3) is 0 Å². The lowest BCUT2D eigenvalue weighted by molar-refractivity contribution is 0.103.